The summed E-state index contributed by atoms with van der Waals surface area (Å²) < 4.78 is 2.07. The molecular weight excluding hydrogens is 314 g/mol. The Bertz CT molecular complexity index is 918. The number of hydrogen-bond acceptors (Lipinski definition) is 5. The van der Waals surface area contributed by atoms with Gasteiger partial charge in [-0.3, -0.25) is 14.7 Å². The summed E-state index contributed by atoms with van der Waals surface area (Å²) in [5.41, 5.74) is 4.36. The Kier molecular flexibility index (Phi) is 3.15. The van der Waals surface area contributed by atoms with Gasteiger partial charge in [0.05, 0.1) is 5.69 Å². The van der Waals surface area contributed by atoms with Gasteiger partial charge in [0.25, 0.3) is 0 Å². The van der Waals surface area contributed by atoms with Gasteiger partial charge >= 0.3 is 0 Å². The molecule has 2 fully saturated rings. The minimum absolute atomic E-state index is 0.445. The van der Waals surface area contributed by atoms with Gasteiger partial charge in [0.2, 0.25) is 0 Å². The summed E-state index contributed by atoms with van der Waals surface area (Å²) in [6.45, 7) is 5.41. The van der Waals surface area contributed by atoms with Crippen molar-refractivity contribution < 1.29 is 4.79 Å². The van der Waals surface area contributed by atoms with Gasteiger partial charge in [-0.2, -0.15) is 0 Å². The van der Waals surface area contributed by atoms with Crippen molar-refractivity contribution in [3.63, 3.8) is 0 Å². The second-order valence-corrected chi connectivity index (χ2v) is 7.29. The van der Waals surface area contributed by atoms with Crippen molar-refractivity contribution in [1.82, 2.24) is 19.3 Å². The smallest absolute Gasteiger partial charge is 0.168 e. The van der Waals surface area contributed by atoms with Crippen LogP contribution in [0.15, 0.2) is 49.1 Å². The van der Waals surface area contributed by atoms with Crippen LogP contribution in [0.3, 0.4) is 0 Å². The number of aromatic nitrogens is 3. The zero-order valence-electron chi connectivity index (χ0n) is 13.9. The van der Waals surface area contributed by atoms with Gasteiger partial charge in [-0.25, -0.2) is 4.98 Å². The first-order chi connectivity index (χ1) is 12.2. The molecule has 3 aromatic rings. The third-order valence-electron chi connectivity index (χ3n) is 5.28. The molecule has 0 saturated carbocycles. The fraction of sp³-hybridized carbons (Fsp3) is 0.316. The van der Waals surface area contributed by atoms with Crippen LogP contribution in [0.2, 0.25) is 0 Å². The topological polar surface area (TPSA) is 53.7 Å². The normalized spacial score (nSPS) is 19.0. The number of rotatable bonds is 4. The number of nitrogens with zero attached hydrogens (tertiary/aromatic N) is 5. The maximum absolute atomic E-state index is 10.7. The van der Waals surface area contributed by atoms with Crippen molar-refractivity contribution in [2.75, 3.05) is 31.1 Å². The highest BCUT2D eigenvalue weighted by Gasteiger charge is 2.51. The number of likely N-dealkylation sites (tertiary alicyclic amines) is 1. The molecule has 25 heavy (non-hydrogen) atoms. The van der Waals surface area contributed by atoms with Crippen LogP contribution in [0.5, 0.6) is 0 Å². The predicted octanol–water partition coefficient (Wildman–Crippen LogP) is 1.86. The van der Waals surface area contributed by atoms with Gasteiger partial charge < -0.3 is 9.30 Å². The molecular formula is C19H19N5O. The minimum atomic E-state index is 0.445. The molecule has 126 valence electrons. The number of hydrogen-bond donors (Lipinski definition) is 0. The van der Waals surface area contributed by atoms with E-state index in [-0.39, 0.29) is 0 Å². The van der Waals surface area contributed by atoms with Crippen LogP contribution < -0.4 is 4.90 Å². The standard InChI is InChI=1S/C19H19N5O/c25-10-16-2-1-15(7-21-16)8-22-11-19(12-22)13-24(14-19)17-3-4-18-20-5-6-23(18)9-17/h1-7,9-10H,8,11-14H2. The van der Waals surface area contributed by atoms with E-state index in [2.05, 4.69) is 42.5 Å². The van der Waals surface area contributed by atoms with Crippen LogP contribution >= 0.6 is 0 Å². The third kappa shape index (κ3) is 2.49. The van der Waals surface area contributed by atoms with Crippen LogP contribution in [0.25, 0.3) is 5.65 Å². The molecule has 6 heteroatoms. The lowest BCUT2D eigenvalue weighted by Gasteiger charge is -2.61. The van der Waals surface area contributed by atoms with Crippen LogP contribution in [-0.4, -0.2) is 51.7 Å². The zero-order valence-corrected chi connectivity index (χ0v) is 13.9. The lowest BCUT2D eigenvalue weighted by Crippen LogP contribution is -2.72. The Balaban J connectivity index is 1.18. The molecule has 1 spiro atoms. The number of imidazole rings is 1. The van der Waals surface area contributed by atoms with Gasteiger partial charge in [0.1, 0.15) is 11.3 Å². The molecule has 0 atom stereocenters. The van der Waals surface area contributed by atoms with Gasteiger partial charge in [-0.15, -0.1) is 0 Å². The summed E-state index contributed by atoms with van der Waals surface area (Å²) in [5.74, 6) is 0. The maximum Gasteiger partial charge on any atom is 0.168 e. The molecule has 5 heterocycles. The molecule has 5 rings (SSSR count). The number of carbonyl (C=O) groups is 1. The molecule has 0 unspecified atom stereocenters. The number of anilines is 1. The average Bonchev–Trinajstić information content (AvgIpc) is 3.04. The summed E-state index contributed by atoms with van der Waals surface area (Å²) in [4.78, 5) is 24.0. The fourth-order valence-electron chi connectivity index (χ4n) is 4.11. The molecule has 2 aliphatic heterocycles. The Labute approximate surface area is 145 Å². The first-order valence-corrected chi connectivity index (χ1v) is 8.53. The van der Waals surface area contributed by atoms with Gasteiger partial charge in [0.15, 0.2) is 6.29 Å². The van der Waals surface area contributed by atoms with Gasteiger partial charge in [0, 0.05) is 62.9 Å². The number of fused-ring (bicyclic) bond motifs is 1. The van der Waals surface area contributed by atoms with Crippen molar-refractivity contribution in [3.8, 4) is 0 Å². The minimum Gasteiger partial charge on any atom is -0.369 e. The fourth-order valence-corrected chi connectivity index (χ4v) is 4.11. The second kappa shape index (κ2) is 5.39. The molecule has 0 amide bonds. The maximum atomic E-state index is 10.7. The number of carbonyl (C=O) groups excluding carboxylic acids is 1. The largest absolute Gasteiger partial charge is 0.369 e. The predicted molar refractivity (Wildman–Crippen MR) is 94.7 cm³/mol. The van der Waals surface area contributed by atoms with E-state index >= 15 is 0 Å². The van der Waals surface area contributed by atoms with Crippen molar-refractivity contribution in [2.24, 2.45) is 5.41 Å². The molecule has 2 saturated heterocycles. The van der Waals surface area contributed by atoms with Crippen LogP contribution in [0.4, 0.5) is 5.69 Å². The van der Waals surface area contributed by atoms with Crippen molar-refractivity contribution in [3.05, 3.63) is 60.3 Å². The summed E-state index contributed by atoms with van der Waals surface area (Å²) >= 11 is 0. The van der Waals surface area contributed by atoms with E-state index in [0.29, 0.717) is 11.1 Å². The van der Waals surface area contributed by atoms with Gasteiger partial charge in [-0.1, -0.05) is 6.07 Å². The number of pyridine rings is 2. The summed E-state index contributed by atoms with van der Waals surface area (Å²) in [6, 6.07) is 8.01. The second-order valence-electron chi connectivity index (χ2n) is 7.29. The van der Waals surface area contributed by atoms with E-state index < -0.39 is 0 Å². The Hall–Kier alpha value is -2.73. The number of aldehydes is 1. The molecule has 0 N–H and O–H groups in total. The Morgan fingerprint density at radius 1 is 1.08 bits per heavy atom. The zero-order chi connectivity index (χ0) is 16.9. The summed E-state index contributed by atoms with van der Waals surface area (Å²) in [5, 5.41) is 0. The van der Waals surface area contributed by atoms with Crippen LogP contribution in [0.1, 0.15) is 16.1 Å². The van der Waals surface area contributed by atoms with Crippen molar-refractivity contribution >= 4 is 17.6 Å². The van der Waals surface area contributed by atoms with Crippen molar-refractivity contribution in [1.29, 1.82) is 0 Å². The van der Waals surface area contributed by atoms with E-state index in [0.717, 1.165) is 44.7 Å². The van der Waals surface area contributed by atoms with E-state index in [4.69, 9.17) is 0 Å². The monoisotopic (exact) mass is 333 g/mol. The van der Waals surface area contributed by atoms with E-state index in [1.165, 1.54) is 11.3 Å². The molecule has 0 radical (unpaired) electrons. The van der Waals surface area contributed by atoms with Crippen LogP contribution in [-0.2, 0) is 6.54 Å². The first-order valence-electron chi connectivity index (χ1n) is 8.53. The highest BCUT2D eigenvalue weighted by molar-refractivity contribution is 5.71. The Morgan fingerprint density at radius 3 is 2.72 bits per heavy atom. The van der Waals surface area contributed by atoms with Gasteiger partial charge in [-0.05, 0) is 23.8 Å². The lowest BCUT2D eigenvalue weighted by molar-refractivity contribution is -0.0274. The first kappa shape index (κ1) is 14.6. The van der Waals surface area contributed by atoms with E-state index in [9.17, 15) is 4.79 Å². The summed E-state index contributed by atoms with van der Waals surface area (Å²) in [7, 11) is 0. The van der Waals surface area contributed by atoms with E-state index in [1.807, 2.05) is 24.7 Å². The average molecular weight is 333 g/mol. The molecule has 2 aliphatic rings. The highest BCUT2D eigenvalue weighted by atomic mass is 16.1. The molecule has 0 aliphatic carbocycles. The van der Waals surface area contributed by atoms with Crippen molar-refractivity contribution in [2.45, 2.75) is 6.54 Å². The summed E-state index contributed by atoms with van der Waals surface area (Å²) in [6.07, 6.45) is 8.57. The highest BCUT2D eigenvalue weighted by Crippen LogP contribution is 2.42. The van der Waals surface area contributed by atoms with E-state index in [1.54, 1.807) is 6.07 Å². The molecule has 0 bridgehead atoms. The SMILES string of the molecule is O=Cc1ccc(CN2CC3(C2)CN(c2ccc4nccn4c2)C3)cn1. The lowest BCUT2D eigenvalue weighted by atomic mass is 9.72. The third-order valence-corrected chi connectivity index (χ3v) is 5.28. The molecule has 6 nitrogen and oxygen atoms in total. The molecule has 3 aromatic heterocycles. The van der Waals surface area contributed by atoms with Crippen LogP contribution in [0, 0.1) is 5.41 Å². The molecule has 0 aromatic carbocycles. The quantitative estimate of drug-likeness (QED) is 0.682. The Morgan fingerprint density at radius 2 is 1.96 bits per heavy atom.